The van der Waals surface area contributed by atoms with E-state index in [4.69, 9.17) is 31.3 Å². The molecule has 2 fully saturated rings. The van der Waals surface area contributed by atoms with Crippen LogP contribution in [0.25, 0.3) is 0 Å². The van der Waals surface area contributed by atoms with E-state index < -0.39 is 106 Å². The number of halogens is 12. The van der Waals surface area contributed by atoms with Crippen LogP contribution in [0.5, 0.6) is 0 Å². The molecular formula is C42H46F12N6O8. The number of ketones is 2. The van der Waals surface area contributed by atoms with Crippen LogP contribution in [0.15, 0.2) is 46.4 Å². The Morgan fingerprint density at radius 3 is 1.09 bits per heavy atom. The smallest absolute Gasteiger partial charge is 0.475 e. The van der Waals surface area contributed by atoms with Crippen molar-refractivity contribution in [1.29, 1.82) is 0 Å². The van der Waals surface area contributed by atoms with Crippen molar-refractivity contribution in [3.8, 4) is 0 Å². The zero-order chi connectivity index (χ0) is 52.9. The number of hydrogen-bond acceptors (Lipinski definition) is 10. The maximum Gasteiger partial charge on any atom is 0.490 e. The average Bonchev–Trinajstić information content (AvgIpc) is 4.07. The number of carbonyl (C=O) groups excluding carboxylic acids is 4. The van der Waals surface area contributed by atoms with E-state index in [1.165, 1.54) is 60.3 Å². The Labute approximate surface area is 379 Å². The summed E-state index contributed by atoms with van der Waals surface area (Å²) in [7, 11) is 2.98. The third-order valence-electron chi connectivity index (χ3n) is 12.3. The Balaban J connectivity index is 0.000000282. The Bertz CT molecular complexity index is 2270. The average molecular weight is 991 g/mol. The number of guanidine groups is 2. The first-order valence-electron chi connectivity index (χ1n) is 19.8. The number of benzene rings is 2. The lowest BCUT2D eigenvalue weighted by molar-refractivity contribution is -0.193. The van der Waals surface area contributed by atoms with E-state index in [9.17, 15) is 71.9 Å². The number of alkyl halides is 10. The van der Waals surface area contributed by atoms with E-state index in [1.807, 2.05) is 0 Å². The molecule has 2 aliphatic carbocycles. The van der Waals surface area contributed by atoms with Crippen LogP contribution in [0.3, 0.4) is 0 Å². The fourth-order valence-electron chi connectivity index (χ4n) is 7.03. The van der Waals surface area contributed by atoms with Crippen LogP contribution in [-0.4, -0.2) is 106 Å². The minimum absolute atomic E-state index is 0.0414. The van der Waals surface area contributed by atoms with Gasteiger partial charge in [-0.15, -0.1) is 0 Å². The Morgan fingerprint density at radius 1 is 0.618 bits per heavy atom. The number of hydrogen-bond donors (Lipinski definition) is 4. The summed E-state index contributed by atoms with van der Waals surface area (Å²) in [4.78, 5) is 78.4. The molecule has 2 aromatic carbocycles. The van der Waals surface area contributed by atoms with Gasteiger partial charge in [0.1, 0.15) is 34.3 Å². The van der Waals surface area contributed by atoms with Gasteiger partial charge in [-0.25, -0.2) is 45.9 Å². The summed E-state index contributed by atoms with van der Waals surface area (Å²) in [5.41, 5.74) is 7.84. The first kappa shape index (κ1) is 56.1. The Morgan fingerprint density at radius 2 is 0.868 bits per heavy atom. The molecule has 4 atom stereocenters. The summed E-state index contributed by atoms with van der Waals surface area (Å²) in [6.07, 6.45) is -11.5. The maximum atomic E-state index is 14.7. The van der Waals surface area contributed by atoms with Crippen molar-refractivity contribution in [3.63, 3.8) is 0 Å². The van der Waals surface area contributed by atoms with Gasteiger partial charge in [0, 0.05) is 50.9 Å². The van der Waals surface area contributed by atoms with E-state index in [2.05, 4.69) is 9.98 Å². The fraction of sp³-hybridized carbons (Fsp3) is 0.524. The van der Waals surface area contributed by atoms with E-state index in [0.717, 1.165) is 0 Å². The molecule has 0 unspecified atom stereocenters. The molecule has 2 amide bonds. The van der Waals surface area contributed by atoms with Gasteiger partial charge in [-0.1, -0.05) is 12.1 Å². The van der Waals surface area contributed by atoms with Crippen molar-refractivity contribution in [1.82, 2.24) is 9.80 Å². The molecule has 6 N–H and O–H groups in total. The highest BCUT2D eigenvalue weighted by Gasteiger charge is 2.62. The highest BCUT2D eigenvalue weighted by atomic mass is 19.4. The summed E-state index contributed by atoms with van der Waals surface area (Å²) >= 11 is 0. The van der Waals surface area contributed by atoms with Gasteiger partial charge in [-0.05, 0) is 76.9 Å². The second-order valence-corrected chi connectivity index (χ2v) is 17.6. The number of aliphatic carboxylic acids is 2. The quantitative estimate of drug-likeness (QED) is 0.210. The second kappa shape index (κ2) is 18.7. The maximum absolute atomic E-state index is 14.7. The van der Waals surface area contributed by atoms with Gasteiger partial charge < -0.3 is 21.7 Å². The third kappa shape index (κ3) is 11.5. The highest BCUT2D eigenvalue weighted by molar-refractivity contribution is 6.02. The molecule has 4 aliphatic rings. The Hall–Kier alpha value is -6.24. The lowest BCUT2D eigenvalue weighted by atomic mass is 9.67. The van der Waals surface area contributed by atoms with E-state index in [0.29, 0.717) is 11.1 Å². The van der Waals surface area contributed by atoms with Crippen molar-refractivity contribution in [3.05, 3.63) is 70.3 Å². The molecule has 6 rings (SSSR count). The van der Waals surface area contributed by atoms with Gasteiger partial charge in [-0.3, -0.25) is 29.0 Å². The molecule has 0 saturated heterocycles. The molecule has 0 bridgehead atoms. The number of carbonyl (C=O) groups is 6. The lowest BCUT2D eigenvalue weighted by Gasteiger charge is -2.46. The Kier molecular flexibility index (Phi) is 15.4. The van der Waals surface area contributed by atoms with Crippen LogP contribution in [0.1, 0.15) is 76.6 Å². The normalized spacial score (nSPS) is 25.1. The number of aliphatic imine (C=N–C) groups is 2. The zero-order valence-electron chi connectivity index (χ0n) is 37.3. The van der Waals surface area contributed by atoms with Crippen molar-refractivity contribution >= 4 is 47.2 Å². The van der Waals surface area contributed by atoms with Crippen molar-refractivity contribution in [2.75, 3.05) is 14.1 Å². The predicted octanol–water partition coefficient (Wildman–Crippen LogP) is 6.51. The summed E-state index contributed by atoms with van der Waals surface area (Å²) in [6.45, 7) is 9.77. The number of carboxylic acid groups (broad SMARTS) is 2. The number of amides is 2. The molecule has 376 valence electrons. The molecule has 0 aromatic heterocycles. The van der Waals surface area contributed by atoms with Gasteiger partial charge >= 0.3 is 24.3 Å². The molecule has 2 heterocycles. The van der Waals surface area contributed by atoms with E-state index >= 15 is 0 Å². The first-order chi connectivity index (χ1) is 30.5. The van der Waals surface area contributed by atoms with Crippen molar-refractivity contribution in [2.45, 2.75) is 103 Å². The topological polar surface area (TPSA) is 226 Å². The predicted molar refractivity (Wildman–Crippen MR) is 215 cm³/mol. The summed E-state index contributed by atoms with van der Waals surface area (Å²) in [5.74, 6) is -17.0. The standard InChI is InChI=1S/2C19H22F3N3O2.2C2HF3O2/c2*1-17(2)15(27)25(4)16(23)24-18(17,3)11-7-10(5-6-13(11)20)8-14(26)12-9-19(12,21)22;2*3-2(4,5)1(6)7/h2*5-7,12H,8-9H2,1-4H3,(H2,23,24);2*(H,6,7)/t12-,18+;12-,18-;;/m01../s1. The van der Waals surface area contributed by atoms with E-state index in [1.54, 1.807) is 41.5 Å². The molecule has 68 heavy (non-hydrogen) atoms. The number of nitrogens with two attached hydrogens (primary N) is 2. The van der Waals surface area contributed by atoms with Crippen LogP contribution in [0.2, 0.25) is 0 Å². The van der Waals surface area contributed by atoms with Crippen LogP contribution in [0, 0.1) is 34.3 Å². The van der Waals surface area contributed by atoms with Gasteiger partial charge in [0.25, 0.3) is 11.8 Å². The number of Topliss-reactive ketones (excluding diaryl/α,β-unsaturated/α-hetero) is 2. The minimum atomic E-state index is -5.08. The number of carboxylic acids is 2. The molecule has 2 saturated carbocycles. The summed E-state index contributed by atoms with van der Waals surface area (Å²) < 4.78 is 145. The van der Waals surface area contributed by atoms with Crippen LogP contribution in [0.4, 0.5) is 52.7 Å². The van der Waals surface area contributed by atoms with E-state index in [-0.39, 0.29) is 47.7 Å². The van der Waals surface area contributed by atoms with Gasteiger partial charge in [0.2, 0.25) is 11.8 Å². The summed E-state index contributed by atoms with van der Waals surface area (Å²) in [5, 5.41) is 14.2. The van der Waals surface area contributed by atoms with Crippen molar-refractivity contribution in [2.24, 2.45) is 44.1 Å². The van der Waals surface area contributed by atoms with Gasteiger partial charge in [-0.2, -0.15) is 26.3 Å². The monoisotopic (exact) mass is 990 g/mol. The molecule has 0 radical (unpaired) electrons. The highest BCUT2D eigenvalue weighted by Crippen LogP contribution is 2.52. The van der Waals surface area contributed by atoms with Crippen LogP contribution < -0.4 is 11.5 Å². The largest absolute Gasteiger partial charge is 0.490 e. The zero-order valence-corrected chi connectivity index (χ0v) is 37.3. The number of rotatable bonds is 8. The van der Waals surface area contributed by atoms with Crippen LogP contribution >= 0.6 is 0 Å². The molecule has 0 spiro atoms. The molecule has 14 nitrogen and oxygen atoms in total. The van der Waals surface area contributed by atoms with Gasteiger partial charge in [0.05, 0.1) is 22.7 Å². The van der Waals surface area contributed by atoms with Gasteiger partial charge in [0.15, 0.2) is 11.9 Å². The second-order valence-electron chi connectivity index (χ2n) is 17.6. The molecule has 2 aromatic rings. The molecular weight excluding hydrogens is 944 g/mol. The molecule has 26 heteroatoms. The SMILES string of the molecule is CN1C(=O)C(C)(C)[C@@](C)(c2cc(CC(=O)[C@@H]3CC3(F)F)ccc2F)N=C1N.CN1C(=O)C(C)(C)[C@@](C)(c2cc(CC(=O)[C@H]3CC3(F)F)ccc2F)N=C1N.O=C(O)C(F)(F)F.O=C(O)C(F)(F)F. The number of nitrogens with zero attached hydrogens (tertiary/aromatic N) is 4. The van der Waals surface area contributed by atoms with Crippen LogP contribution in [-0.2, 0) is 52.7 Å². The van der Waals surface area contributed by atoms with Crippen molar-refractivity contribution < 1.29 is 91.7 Å². The lowest BCUT2D eigenvalue weighted by Crippen LogP contribution is -2.58. The summed E-state index contributed by atoms with van der Waals surface area (Å²) in [6, 6.07) is 7.95. The first-order valence-corrected chi connectivity index (χ1v) is 19.8. The third-order valence-corrected chi connectivity index (χ3v) is 12.3. The molecule has 2 aliphatic heterocycles. The fourth-order valence-corrected chi connectivity index (χ4v) is 7.03. The minimum Gasteiger partial charge on any atom is -0.475 e.